The molecule has 0 saturated heterocycles. The monoisotopic (exact) mass is 538 g/mol. The Morgan fingerprint density at radius 1 is 1.06 bits per heavy atom. The van der Waals surface area contributed by atoms with E-state index in [2.05, 4.69) is 5.32 Å². The van der Waals surface area contributed by atoms with E-state index in [4.69, 9.17) is 32.9 Å². The molecular weight excluding hydrogens is 515 g/mol. The normalized spacial score (nSPS) is 12.9. The van der Waals surface area contributed by atoms with Crippen molar-refractivity contribution >= 4 is 62.3 Å². The Hall–Kier alpha value is -2.93. The maximum atomic E-state index is 13.7. The predicted octanol–water partition coefficient (Wildman–Crippen LogP) is 7.97. The number of esters is 1. The van der Waals surface area contributed by atoms with E-state index in [1.54, 1.807) is 18.2 Å². The van der Waals surface area contributed by atoms with E-state index in [0.717, 1.165) is 53.5 Å². The average molecular weight is 539 g/mol. The number of aromatic nitrogens is 1. The van der Waals surface area contributed by atoms with Gasteiger partial charge in [-0.2, -0.15) is 0 Å². The van der Waals surface area contributed by atoms with Crippen LogP contribution in [0.4, 0.5) is 5.00 Å². The van der Waals surface area contributed by atoms with Crippen molar-refractivity contribution in [2.75, 3.05) is 11.9 Å². The van der Waals surface area contributed by atoms with E-state index in [-0.39, 0.29) is 11.9 Å². The maximum absolute atomic E-state index is 13.7. The number of ether oxygens (including phenoxy) is 1. The first kappa shape index (κ1) is 24.8. The Kier molecular flexibility index (Phi) is 7.28. The highest BCUT2D eigenvalue weighted by Crippen LogP contribution is 2.39. The SMILES string of the molecule is CCCOC(=O)c1c(NC(=O)c2cc(-c3ccc(Cl)c(Cl)c3)nc3ccccc23)sc2c1CCCC2. The number of thiophene rings is 1. The highest BCUT2D eigenvalue weighted by Gasteiger charge is 2.28. The van der Waals surface area contributed by atoms with Gasteiger partial charge in [0.15, 0.2) is 0 Å². The van der Waals surface area contributed by atoms with Crippen LogP contribution in [0, 0.1) is 0 Å². The lowest BCUT2D eigenvalue weighted by molar-refractivity contribution is 0.0505. The van der Waals surface area contributed by atoms with Gasteiger partial charge in [0.25, 0.3) is 5.91 Å². The van der Waals surface area contributed by atoms with Crippen molar-refractivity contribution in [1.29, 1.82) is 0 Å². The smallest absolute Gasteiger partial charge is 0.341 e. The molecule has 36 heavy (non-hydrogen) atoms. The number of halogens is 2. The lowest BCUT2D eigenvalue weighted by Crippen LogP contribution is -2.16. The molecule has 0 saturated carbocycles. The molecule has 2 aromatic heterocycles. The molecule has 0 spiro atoms. The summed E-state index contributed by atoms with van der Waals surface area (Å²) in [6, 6.07) is 14.5. The molecule has 0 bridgehead atoms. The zero-order chi connectivity index (χ0) is 25.2. The summed E-state index contributed by atoms with van der Waals surface area (Å²) in [6.07, 6.45) is 4.56. The van der Waals surface area contributed by atoms with E-state index < -0.39 is 0 Å². The van der Waals surface area contributed by atoms with Gasteiger partial charge in [0.1, 0.15) is 5.00 Å². The first-order valence-electron chi connectivity index (χ1n) is 11.9. The molecule has 184 valence electrons. The minimum absolute atomic E-state index is 0.307. The van der Waals surface area contributed by atoms with Crippen molar-refractivity contribution in [3.63, 3.8) is 0 Å². The topological polar surface area (TPSA) is 68.3 Å². The van der Waals surface area contributed by atoms with Gasteiger partial charge >= 0.3 is 5.97 Å². The van der Waals surface area contributed by atoms with Gasteiger partial charge < -0.3 is 10.1 Å². The number of anilines is 1. The van der Waals surface area contributed by atoms with E-state index in [1.165, 1.54) is 11.3 Å². The fourth-order valence-electron chi connectivity index (χ4n) is 4.47. The van der Waals surface area contributed by atoms with E-state index in [1.807, 2.05) is 37.3 Å². The second-order valence-corrected chi connectivity index (χ2v) is 10.6. The van der Waals surface area contributed by atoms with Crippen LogP contribution in [0.2, 0.25) is 10.0 Å². The predicted molar refractivity (Wildman–Crippen MR) is 147 cm³/mol. The lowest BCUT2D eigenvalue weighted by Gasteiger charge is -2.13. The molecule has 0 fully saturated rings. The summed E-state index contributed by atoms with van der Waals surface area (Å²) in [5, 5.41) is 5.16. The summed E-state index contributed by atoms with van der Waals surface area (Å²) in [5.41, 5.74) is 4.00. The van der Waals surface area contributed by atoms with Crippen LogP contribution in [0.25, 0.3) is 22.2 Å². The van der Waals surface area contributed by atoms with Crippen molar-refractivity contribution in [1.82, 2.24) is 4.98 Å². The lowest BCUT2D eigenvalue weighted by atomic mass is 9.95. The molecule has 1 aliphatic carbocycles. The van der Waals surface area contributed by atoms with Gasteiger partial charge in [0, 0.05) is 15.8 Å². The Bertz CT molecular complexity index is 1480. The molecule has 1 amide bonds. The van der Waals surface area contributed by atoms with Crippen LogP contribution in [0.5, 0.6) is 0 Å². The number of hydrogen-bond acceptors (Lipinski definition) is 5. The van der Waals surface area contributed by atoms with Gasteiger partial charge in [-0.05, 0) is 61.9 Å². The number of pyridine rings is 1. The molecule has 0 aliphatic heterocycles. The van der Waals surface area contributed by atoms with Crippen molar-refractivity contribution in [3.8, 4) is 11.3 Å². The number of nitrogens with one attached hydrogen (secondary N) is 1. The van der Waals surface area contributed by atoms with Crippen LogP contribution in [0.15, 0.2) is 48.5 Å². The number of benzene rings is 2. The number of carbonyl (C=O) groups excluding carboxylic acids is 2. The number of nitrogens with zero attached hydrogens (tertiary/aromatic N) is 1. The summed E-state index contributed by atoms with van der Waals surface area (Å²) >= 11 is 13.8. The maximum Gasteiger partial charge on any atom is 0.341 e. The number of hydrogen-bond donors (Lipinski definition) is 1. The quantitative estimate of drug-likeness (QED) is 0.252. The third-order valence-corrected chi connectivity index (χ3v) is 8.16. The third-order valence-electron chi connectivity index (χ3n) is 6.22. The van der Waals surface area contributed by atoms with Crippen molar-refractivity contribution in [2.24, 2.45) is 0 Å². The van der Waals surface area contributed by atoms with Crippen molar-refractivity contribution in [2.45, 2.75) is 39.0 Å². The van der Waals surface area contributed by atoms with Crippen molar-refractivity contribution in [3.05, 3.63) is 80.1 Å². The molecule has 2 aromatic carbocycles. The van der Waals surface area contributed by atoms with Gasteiger partial charge in [-0.1, -0.05) is 54.4 Å². The molecule has 1 aliphatic rings. The van der Waals surface area contributed by atoms with Crippen LogP contribution in [0.3, 0.4) is 0 Å². The minimum Gasteiger partial charge on any atom is -0.462 e. The fraction of sp³-hybridized carbons (Fsp3) is 0.250. The Balaban J connectivity index is 1.57. The fourth-order valence-corrected chi connectivity index (χ4v) is 6.04. The summed E-state index contributed by atoms with van der Waals surface area (Å²) in [4.78, 5) is 32.6. The second-order valence-electron chi connectivity index (χ2n) is 8.71. The number of para-hydroxylation sites is 1. The molecule has 1 N–H and O–H groups in total. The molecule has 5 rings (SSSR count). The van der Waals surface area contributed by atoms with E-state index >= 15 is 0 Å². The Morgan fingerprint density at radius 2 is 1.86 bits per heavy atom. The summed E-state index contributed by atoms with van der Waals surface area (Å²) in [6.45, 7) is 2.30. The van der Waals surface area contributed by atoms with Crippen LogP contribution < -0.4 is 5.32 Å². The number of carbonyl (C=O) groups is 2. The highest BCUT2D eigenvalue weighted by molar-refractivity contribution is 7.17. The Morgan fingerprint density at radius 3 is 2.67 bits per heavy atom. The summed E-state index contributed by atoms with van der Waals surface area (Å²) in [7, 11) is 0. The molecule has 2 heterocycles. The number of aryl methyl sites for hydroxylation is 1. The summed E-state index contributed by atoms with van der Waals surface area (Å²) in [5.74, 6) is -0.680. The second kappa shape index (κ2) is 10.6. The molecule has 4 aromatic rings. The molecule has 0 radical (unpaired) electrons. The van der Waals surface area contributed by atoms with E-state index in [9.17, 15) is 9.59 Å². The molecule has 0 unspecified atom stereocenters. The minimum atomic E-state index is -0.373. The van der Waals surface area contributed by atoms with Gasteiger partial charge in [-0.15, -0.1) is 11.3 Å². The average Bonchev–Trinajstić information content (AvgIpc) is 3.26. The summed E-state index contributed by atoms with van der Waals surface area (Å²) < 4.78 is 5.48. The van der Waals surface area contributed by atoms with Gasteiger partial charge in [0.2, 0.25) is 0 Å². The molecular formula is C28H24Cl2N2O3S. The van der Waals surface area contributed by atoms with Gasteiger partial charge in [0.05, 0.1) is 39.0 Å². The van der Waals surface area contributed by atoms with Crippen LogP contribution in [-0.2, 0) is 17.6 Å². The first-order chi connectivity index (χ1) is 17.5. The first-order valence-corrected chi connectivity index (χ1v) is 13.5. The number of fused-ring (bicyclic) bond motifs is 2. The standard InChI is InChI=1S/C28H24Cl2N2O3S/c1-2-13-35-28(34)25-18-8-4-6-10-24(18)36-27(25)32-26(33)19-15-23(16-11-12-20(29)21(30)14-16)31-22-9-5-3-7-17(19)22/h3,5,7,9,11-12,14-15H,2,4,6,8,10,13H2,1H3,(H,32,33). The number of amides is 1. The zero-order valence-corrected chi connectivity index (χ0v) is 22.0. The third kappa shape index (κ3) is 4.85. The van der Waals surface area contributed by atoms with Crippen LogP contribution in [0.1, 0.15) is 57.3 Å². The van der Waals surface area contributed by atoms with Crippen LogP contribution in [-0.4, -0.2) is 23.5 Å². The number of rotatable bonds is 6. The van der Waals surface area contributed by atoms with Gasteiger partial charge in [-0.3, -0.25) is 4.79 Å². The molecule has 5 nitrogen and oxygen atoms in total. The highest BCUT2D eigenvalue weighted by atomic mass is 35.5. The largest absolute Gasteiger partial charge is 0.462 e. The van der Waals surface area contributed by atoms with Crippen LogP contribution >= 0.6 is 34.5 Å². The van der Waals surface area contributed by atoms with E-state index in [0.29, 0.717) is 44.0 Å². The molecule has 8 heteroatoms. The molecule has 0 atom stereocenters. The Labute approximate surface area is 223 Å². The van der Waals surface area contributed by atoms with Crippen molar-refractivity contribution < 1.29 is 14.3 Å². The zero-order valence-electron chi connectivity index (χ0n) is 19.7. The van der Waals surface area contributed by atoms with Gasteiger partial charge in [-0.25, -0.2) is 9.78 Å².